The summed E-state index contributed by atoms with van der Waals surface area (Å²) in [7, 11) is 2.83. The average molecular weight is 432 g/mol. The second-order valence-corrected chi connectivity index (χ2v) is 7.65. The van der Waals surface area contributed by atoms with Crippen molar-refractivity contribution in [1.82, 2.24) is 0 Å². The van der Waals surface area contributed by atoms with Gasteiger partial charge in [0.15, 0.2) is 34.2 Å². The van der Waals surface area contributed by atoms with E-state index >= 15 is 0 Å². The topological polar surface area (TPSA) is 124 Å². The number of methoxy groups -OCH3 is 2. The molecule has 31 heavy (non-hydrogen) atoms. The van der Waals surface area contributed by atoms with Crippen molar-refractivity contribution in [2.75, 3.05) is 27.4 Å². The lowest BCUT2D eigenvalue weighted by Gasteiger charge is -2.37. The van der Waals surface area contributed by atoms with Crippen LogP contribution in [0.25, 0.3) is 0 Å². The fraction of sp³-hybridized carbons (Fsp3) is 0.409. The summed E-state index contributed by atoms with van der Waals surface area (Å²) in [5.74, 6) is -0.286. The summed E-state index contributed by atoms with van der Waals surface area (Å²) in [6.45, 7) is 0.936. The van der Waals surface area contributed by atoms with Crippen molar-refractivity contribution in [3.63, 3.8) is 0 Å². The van der Waals surface area contributed by atoms with Crippen LogP contribution in [0.3, 0.4) is 0 Å². The molecule has 2 aliphatic heterocycles. The van der Waals surface area contributed by atoms with E-state index in [-0.39, 0.29) is 36.2 Å². The van der Waals surface area contributed by atoms with E-state index in [4.69, 9.17) is 23.7 Å². The largest absolute Gasteiger partial charge is 0.504 e. The Kier molecular flexibility index (Phi) is 5.20. The summed E-state index contributed by atoms with van der Waals surface area (Å²) >= 11 is 0. The molecule has 2 heterocycles. The molecule has 2 aromatic carbocycles. The molecule has 3 N–H and O–H groups in total. The van der Waals surface area contributed by atoms with Gasteiger partial charge in [-0.3, -0.25) is 4.79 Å². The van der Waals surface area contributed by atoms with Crippen LogP contribution >= 0.6 is 0 Å². The monoisotopic (exact) mass is 432 g/mol. The molecule has 2 fully saturated rings. The normalized spacial score (nSPS) is 29.4. The SMILES string of the molecule is COc1cc([C@H]2OC[C@]3(O)[C@@H](c4ccc(O)c(OC)c4)OC[C@]23OC(C)=O)ccc1O. The molecule has 2 saturated heterocycles. The summed E-state index contributed by atoms with van der Waals surface area (Å²) in [6, 6.07) is 9.20. The lowest BCUT2D eigenvalue weighted by Crippen LogP contribution is -2.56. The molecule has 0 saturated carbocycles. The molecule has 0 unspecified atom stereocenters. The standard InChI is InChI=1S/C22H24O9/c1-12(23)31-22-11-30-19(13-4-6-15(24)17(8-13)27-2)21(22,26)10-29-20(22)14-5-7-16(25)18(9-14)28-3/h4-9,19-20,24-26H,10-11H2,1-3H3/t19-,20-,21+,22+/m1/s1. The quantitative estimate of drug-likeness (QED) is 0.609. The first-order valence-corrected chi connectivity index (χ1v) is 9.64. The van der Waals surface area contributed by atoms with Crippen LogP contribution in [0.5, 0.6) is 23.0 Å². The molecule has 2 aliphatic rings. The van der Waals surface area contributed by atoms with Crippen LogP contribution in [0.4, 0.5) is 0 Å². The van der Waals surface area contributed by atoms with Gasteiger partial charge in [-0.15, -0.1) is 0 Å². The minimum absolute atomic E-state index is 0.0563. The molecule has 0 aromatic heterocycles. The van der Waals surface area contributed by atoms with Gasteiger partial charge in [0.1, 0.15) is 12.2 Å². The van der Waals surface area contributed by atoms with E-state index < -0.39 is 29.4 Å². The molecule has 0 aliphatic carbocycles. The Labute approximate surface area is 178 Å². The van der Waals surface area contributed by atoms with Crippen LogP contribution in [0.15, 0.2) is 36.4 Å². The molecule has 4 rings (SSSR count). The first-order valence-electron chi connectivity index (χ1n) is 9.64. The summed E-state index contributed by atoms with van der Waals surface area (Å²) in [5.41, 5.74) is -2.20. The number of fused-ring (bicyclic) bond motifs is 1. The van der Waals surface area contributed by atoms with Gasteiger partial charge in [0.25, 0.3) is 0 Å². The lowest BCUT2D eigenvalue weighted by molar-refractivity contribution is -0.181. The summed E-state index contributed by atoms with van der Waals surface area (Å²) in [4.78, 5) is 12.1. The Bertz CT molecular complexity index is 1010. The van der Waals surface area contributed by atoms with Crippen molar-refractivity contribution < 1.29 is 43.8 Å². The van der Waals surface area contributed by atoms with E-state index in [9.17, 15) is 20.1 Å². The molecule has 166 valence electrons. The average Bonchev–Trinajstić information content (AvgIpc) is 3.17. The summed E-state index contributed by atoms with van der Waals surface area (Å²) < 4.78 is 28.0. The van der Waals surface area contributed by atoms with E-state index in [1.54, 1.807) is 24.3 Å². The van der Waals surface area contributed by atoms with Crippen LogP contribution in [-0.2, 0) is 19.0 Å². The highest BCUT2D eigenvalue weighted by molar-refractivity contribution is 5.67. The fourth-order valence-corrected chi connectivity index (χ4v) is 4.42. The lowest BCUT2D eigenvalue weighted by atomic mass is 9.76. The van der Waals surface area contributed by atoms with Crippen LogP contribution in [0.2, 0.25) is 0 Å². The number of aromatic hydroxyl groups is 2. The van der Waals surface area contributed by atoms with Crippen LogP contribution in [0, 0.1) is 0 Å². The summed E-state index contributed by atoms with van der Waals surface area (Å²) in [5, 5.41) is 31.6. The molecule has 0 spiro atoms. The van der Waals surface area contributed by atoms with Crippen molar-refractivity contribution >= 4 is 5.97 Å². The highest BCUT2D eigenvalue weighted by atomic mass is 16.7. The highest BCUT2D eigenvalue weighted by Gasteiger charge is 2.72. The Balaban J connectivity index is 1.79. The molecular weight excluding hydrogens is 408 g/mol. The third-order valence-electron chi connectivity index (χ3n) is 5.86. The molecule has 9 nitrogen and oxygen atoms in total. The van der Waals surface area contributed by atoms with Crippen molar-refractivity contribution in [2.24, 2.45) is 0 Å². The Hall–Kier alpha value is -3.01. The fourth-order valence-electron chi connectivity index (χ4n) is 4.42. The predicted molar refractivity (Wildman–Crippen MR) is 106 cm³/mol. The van der Waals surface area contributed by atoms with E-state index in [0.717, 1.165) is 0 Å². The number of hydrogen-bond donors (Lipinski definition) is 3. The maximum Gasteiger partial charge on any atom is 0.303 e. The minimum atomic E-state index is -1.73. The minimum Gasteiger partial charge on any atom is -0.504 e. The van der Waals surface area contributed by atoms with E-state index in [0.29, 0.717) is 11.1 Å². The number of benzene rings is 2. The maximum absolute atomic E-state index is 12.1. The zero-order chi connectivity index (χ0) is 22.4. The van der Waals surface area contributed by atoms with Gasteiger partial charge in [-0.25, -0.2) is 0 Å². The van der Waals surface area contributed by atoms with Gasteiger partial charge < -0.3 is 39.0 Å². The number of ether oxygens (including phenoxy) is 5. The third kappa shape index (κ3) is 3.16. The molecule has 0 radical (unpaired) electrons. The van der Waals surface area contributed by atoms with Crippen LogP contribution in [0.1, 0.15) is 30.3 Å². The maximum atomic E-state index is 12.1. The highest BCUT2D eigenvalue weighted by Crippen LogP contribution is 2.58. The number of phenolic OH excluding ortho intramolecular Hbond substituents is 2. The van der Waals surface area contributed by atoms with Crippen molar-refractivity contribution in [3.8, 4) is 23.0 Å². The van der Waals surface area contributed by atoms with E-state index in [1.165, 1.54) is 33.3 Å². The van der Waals surface area contributed by atoms with Crippen LogP contribution in [-0.4, -0.2) is 59.9 Å². The van der Waals surface area contributed by atoms with Crippen molar-refractivity contribution in [2.45, 2.75) is 30.3 Å². The van der Waals surface area contributed by atoms with E-state index in [2.05, 4.69) is 0 Å². The van der Waals surface area contributed by atoms with Gasteiger partial charge in [-0.2, -0.15) is 0 Å². The first kappa shape index (κ1) is 21.2. The third-order valence-corrected chi connectivity index (χ3v) is 5.86. The second kappa shape index (κ2) is 7.60. The van der Waals surface area contributed by atoms with Crippen LogP contribution < -0.4 is 9.47 Å². The number of carbonyl (C=O) groups excluding carboxylic acids is 1. The zero-order valence-corrected chi connectivity index (χ0v) is 17.3. The molecule has 4 atom stereocenters. The Morgan fingerprint density at radius 3 is 1.97 bits per heavy atom. The molecular formula is C22H24O9. The summed E-state index contributed by atoms with van der Waals surface area (Å²) in [6.07, 6.45) is -1.79. The molecule has 2 aromatic rings. The number of esters is 1. The van der Waals surface area contributed by atoms with Crippen molar-refractivity contribution in [3.05, 3.63) is 47.5 Å². The number of hydrogen-bond acceptors (Lipinski definition) is 9. The first-order chi connectivity index (χ1) is 14.8. The molecule has 0 bridgehead atoms. The number of aliphatic hydroxyl groups is 1. The van der Waals surface area contributed by atoms with Gasteiger partial charge in [0, 0.05) is 6.92 Å². The second-order valence-electron chi connectivity index (χ2n) is 7.65. The van der Waals surface area contributed by atoms with Gasteiger partial charge in [0.05, 0.1) is 27.4 Å². The number of rotatable bonds is 5. The van der Waals surface area contributed by atoms with Gasteiger partial charge in [-0.1, -0.05) is 12.1 Å². The van der Waals surface area contributed by atoms with Gasteiger partial charge in [-0.05, 0) is 35.4 Å². The Morgan fingerprint density at radius 1 is 0.935 bits per heavy atom. The molecule has 0 amide bonds. The van der Waals surface area contributed by atoms with Crippen molar-refractivity contribution in [1.29, 1.82) is 0 Å². The van der Waals surface area contributed by atoms with E-state index in [1.807, 2.05) is 0 Å². The Morgan fingerprint density at radius 2 is 1.45 bits per heavy atom. The van der Waals surface area contributed by atoms with Gasteiger partial charge >= 0.3 is 5.97 Å². The predicted octanol–water partition coefficient (Wildman–Crippen LogP) is 1.99. The zero-order valence-electron chi connectivity index (χ0n) is 17.3. The number of phenols is 2. The number of carbonyl (C=O) groups is 1. The smallest absolute Gasteiger partial charge is 0.303 e. The van der Waals surface area contributed by atoms with Gasteiger partial charge in [0.2, 0.25) is 0 Å². The molecule has 9 heteroatoms.